The molecule has 0 amide bonds. The van der Waals surface area contributed by atoms with Gasteiger partial charge in [-0.3, -0.25) is 4.40 Å². The van der Waals surface area contributed by atoms with Gasteiger partial charge < -0.3 is 10.6 Å². The lowest BCUT2D eigenvalue weighted by atomic mass is 10.2. The van der Waals surface area contributed by atoms with E-state index in [-0.39, 0.29) is 0 Å². The predicted molar refractivity (Wildman–Crippen MR) is 101 cm³/mol. The molecule has 118 valence electrons. The standard InChI is InChI=1S/C17H18N4S2/c1-13-5-7-14(8-6-13)20-17(22)19-10-12-23-16-4-2-3-15-18-9-11-21(15)16/h2-9,11H,10,12H2,1H3,(H2,19,20,22). The van der Waals surface area contributed by atoms with Gasteiger partial charge in [-0.2, -0.15) is 0 Å². The second-order valence-corrected chi connectivity index (χ2v) is 6.64. The molecule has 0 saturated heterocycles. The highest BCUT2D eigenvalue weighted by Crippen LogP contribution is 2.18. The second kappa shape index (κ2) is 7.48. The molecule has 0 radical (unpaired) electrons. The summed E-state index contributed by atoms with van der Waals surface area (Å²) in [6, 6.07) is 14.3. The van der Waals surface area contributed by atoms with Gasteiger partial charge in [-0.25, -0.2) is 4.98 Å². The molecule has 3 rings (SSSR count). The van der Waals surface area contributed by atoms with Crippen LogP contribution >= 0.6 is 24.0 Å². The average Bonchev–Trinajstić information content (AvgIpc) is 3.03. The molecular formula is C17H18N4S2. The van der Waals surface area contributed by atoms with Crippen LogP contribution in [0.4, 0.5) is 5.69 Å². The molecule has 2 N–H and O–H groups in total. The zero-order valence-corrected chi connectivity index (χ0v) is 14.5. The number of thioether (sulfide) groups is 1. The average molecular weight is 342 g/mol. The Morgan fingerprint density at radius 2 is 2.04 bits per heavy atom. The minimum absolute atomic E-state index is 0.648. The fraction of sp³-hybridized carbons (Fsp3) is 0.176. The van der Waals surface area contributed by atoms with E-state index in [1.165, 1.54) is 10.6 Å². The third-order valence-corrected chi connectivity index (χ3v) is 4.62. The Balaban J connectivity index is 1.45. The molecule has 0 unspecified atom stereocenters. The fourth-order valence-corrected chi connectivity index (χ4v) is 3.27. The van der Waals surface area contributed by atoms with E-state index in [2.05, 4.69) is 45.1 Å². The van der Waals surface area contributed by atoms with Gasteiger partial charge in [0.25, 0.3) is 0 Å². The molecule has 0 atom stereocenters. The Kier molecular flexibility index (Phi) is 5.15. The molecule has 0 aliphatic carbocycles. The molecule has 2 aromatic heterocycles. The third-order valence-electron chi connectivity index (χ3n) is 3.34. The van der Waals surface area contributed by atoms with Crippen LogP contribution in [0, 0.1) is 6.92 Å². The number of thiocarbonyl (C=S) groups is 1. The smallest absolute Gasteiger partial charge is 0.170 e. The van der Waals surface area contributed by atoms with Gasteiger partial charge >= 0.3 is 0 Å². The van der Waals surface area contributed by atoms with Crippen molar-refractivity contribution in [3.63, 3.8) is 0 Å². The van der Waals surface area contributed by atoms with E-state index >= 15 is 0 Å². The number of anilines is 1. The van der Waals surface area contributed by atoms with E-state index in [1.807, 2.05) is 36.7 Å². The summed E-state index contributed by atoms with van der Waals surface area (Å²) in [5, 5.41) is 8.25. The number of imidazole rings is 1. The zero-order chi connectivity index (χ0) is 16.1. The lowest BCUT2D eigenvalue weighted by molar-refractivity contribution is 0.977. The Morgan fingerprint density at radius 3 is 2.87 bits per heavy atom. The zero-order valence-electron chi connectivity index (χ0n) is 12.8. The SMILES string of the molecule is Cc1ccc(NC(=S)NCCSc2cccc3nccn23)cc1. The molecule has 3 aromatic rings. The number of hydrogen-bond acceptors (Lipinski definition) is 3. The molecule has 0 spiro atoms. The lowest BCUT2D eigenvalue weighted by Gasteiger charge is -2.11. The second-order valence-electron chi connectivity index (χ2n) is 5.11. The van der Waals surface area contributed by atoms with E-state index in [0.717, 1.165) is 23.6 Å². The number of hydrogen-bond donors (Lipinski definition) is 2. The Hall–Kier alpha value is -2.05. The third kappa shape index (κ3) is 4.24. The fourth-order valence-electron chi connectivity index (χ4n) is 2.17. The quantitative estimate of drug-likeness (QED) is 0.420. The summed E-state index contributed by atoms with van der Waals surface area (Å²) in [6.45, 7) is 2.87. The molecular weight excluding hydrogens is 324 g/mol. The highest BCUT2D eigenvalue weighted by Gasteiger charge is 2.02. The maximum absolute atomic E-state index is 5.32. The first-order chi connectivity index (χ1) is 11.2. The Labute approximate surface area is 145 Å². The summed E-state index contributed by atoms with van der Waals surface area (Å²) in [7, 11) is 0. The van der Waals surface area contributed by atoms with E-state index in [9.17, 15) is 0 Å². The topological polar surface area (TPSA) is 41.4 Å². The Morgan fingerprint density at radius 1 is 1.22 bits per heavy atom. The summed E-state index contributed by atoms with van der Waals surface area (Å²) in [6.07, 6.45) is 3.80. The first-order valence-corrected chi connectivity index (χ1v) is 8.78. The normalized spacial score (nSPS) is 10.7. The molecule has 4 nitrogen and oxygen atoms in total. The van der Waals surface area contributed by atoms with E-state index in [1.54, 1.807) is 11.8 Å². The van der Waals surface area contributed by atoms with Crippen LogP contribution in [0.2, 0.25) is 0 Å². The van der Waals surface area contributed by atoms with Crippen molar-refractivity contribution >= 4 is 40.4 Å². The summed E-state index contributed by atoms with van der Waals surface area (Å²) >= 11 is 7.09. The van der Waals surface area contributed by atoms with Crippen LogP contribution in [0.15, 0.2) is 59.9 Å². The van der Waals surface area contributed by atoms with Crippen molar-refractivity contribution < 1.29 is 0 Å². The van der Waals surface area contributed by atoms with Crippen LogP contribution in [0.25, 0.3) is 5.65 Å². The van der Waals surface area contributed by atoms with Crippen LogP contribution in [-0.4, -0.2) is 26.8 Å². The first kappa shape index (κ1) is 15.8. The number of nitrogens with one attached hydrogen (secondary N) is 2. The Bertz CT molecular complexity index is 796. The number of pyridine rings is 1. The maximum atomic E-state index is 5.32. The van der Waals surface area contributed by atoms with E-state index in [0.29, 0.717) is 5.11 Å². The number of fused-ring (bicyclic) bond motifs is 1. The molecule has 23 heavy (non-hydrogen) atoms. The molecule has 6 heteroatoms. The highest BCUT2D eigenvalue weighted by molar-refractivity contribution is 7.99. The van der Waals surface area contributed by atoms with E-state index in [4.69, 9.17) is 12.2 Å². The lowest BCUT2D eigenvalue weighted by Crippen LogP contribution is -2.30. The summed E-state index contributed by atoms with van der Waals surface area (Å²) in [5.74, 6) is 0.924. The number of aromatic nitrogens is 2. The molecule has 0 saturated carbocycles. The van der Waals surface area contributed by atoms with Crippen molar-refractivity contribution in [2.24, 2.45) is 0 Å². The van der Waals surface area contributed by atoms with Crippen molar-refractivity contribution in [1.82, 2.24) is 14.7 Å². The van der Waals surface area contributed by atoms with Gasteiger partial charge in [0.15, 0.2) is 5.11 Å². The number of aryl methyl sites for hydroxylation is 1. The van der Waals surface area contributed by atoms with Gasteiger partial charge in [0.05, 0.1) is 5.03 Å². The van der Waals surface area contributed by atoms with Gasteiger partial charge in [0.2, 0.25) is 0 Å². The van der Waals surface area contributed by atoms with E-state index < -0.39 is 0 Å². The van der Waals surface area contributed by atoms with Crippen molar-refractivity contribution in [2.75, 3.05) is 17.6 Å². The van der Waals surface area contributed by atoms with Crippen molar-refractivity contribution in [1.29, 1.82) is 0 Å². The summed E-state index contributed by atoms with van der Waals surface area (Å²) in [4.78, 5) is 4.29. The largest absolute Gasteiger partial charge is 0.362 e. The van der Waals surface area contributed by atoms with Gasteiger partial charge in [0, 0.05) is 30.4 Å². The summed E-state index contributed by atoms with van der Waals surface area (Å²) in [5.41, 5.74) is 3.21. The number of benzene rings is 1. The van der Waals surface area contributed by atoms with Crippen LogP contribution in [0.5, 0.6) is 0 Å². The highest BCUT2D eigenvalue weighted by atomic mass is 32.2. The van der Waals surface area contributed by atoms with Crippen LogP contribution in [0.3, 0.4) is 0 Å². The minimum atomic E-state index is 0.648. The van der Waals surface area contributed by atoms with Crippen molar-refractivity contribution in [3.05, 3.63) is 60.4 Å². The van der Waals surface area contributed by atoms with Crippen molar-refractivity contribution in [2.45, 2.75) is 11.9 Å². The molecule has 0 aliphatic heterocycles. The molecule has 1 aromatic carbocycles. The minimum Gasteiger partial charge on any atom is -0.362 e. The van der Waals surface area contributed by atoms with Crippen LogP contribution in [0.1, 0.15) is 5.56 Å². The predicted octanol–water partition coefficient (Wildman–Crippen LogP) is 3.72. The van der Waals surface area contributed by atoms with Gasteiger partial charge in [0.1, 0.15) is 5.65 Å². The van der Waals surface area contributed by atoms with Gasteiger partial charge in [-0.1, -0.05) is 23.8 Å². The monoisotopic (exact) mass is 342 g/mol. The van der Waals surface area contributed by atoms with Gasteiger partial charge in [-0.05, 0) is 43.4 Å². The van der Waals surface area contributed by atoms with Crippen LogP contribution in [-0.2, 0) is 0 Å². The first-order valence-electron chi connectivity index (χ1n) is 7.39. The molecule has 2 heterocycles. The number of rotatable bonds is 5. The molecule has 0 aliphatic rings. The summed E-state index contributed by atoms with van der Waals surface area (Å²) < 4.78 is 2.09. The van der Waals surface area contributed by atoms with Crippen LogP contribution < -0.4 is 10.6 Å². The van der Waals surface area contributed by atoms with Crippen molar-refractivity contribution in [3.8, 4) is 0 Å². The number of nitrogens with zero attached hydrogens (tertiary/aromatic N) is 2. The molecule has 0 bridgehead atoms. The molecule has 0 fully saturated rings. The van der Waals surface area contributed by atoms with Gasteiger partial charge in [-0.15, -0.1) is 11.8 Å². The maximum Gasteiger partial charge on any atom is 0.170 e.